The molecular formula is C11H19Cl2Hf-. The van der Waals surface area contributed by atoms with Crippen molar-refractivity contribution in [1.29, 1.82) is 0 Å². The van der Waals surface area contributed by atoms with E-state index in [1.807, 2.05) is 0 Å². The van der Waals surface area contributed by atoms with E-state index in [1.54, 1.807) is 11.1 Å². The molecule has 0 radical (unpaired) electrons. The Labute approximate surface area is 119 Å². The predicted octanol–water partition coefficient (Wildman–Crippen LogP) is 4.49. The topological polar surface area (TPSA) is 0 Å². The summed E-state index contributed by atoms with van der Waals surface area (Å²) < 4.78 is 0. The van der Waals surface area contributed by atoms with Gasteiger partial charge in [-0.1, -0.05) is 40.0 Å². The van der Waals surface area contributed by atoms with Gasteiger partial charge < -0.3 is 0 Å². The molecule has 1 aliphatic carbocycles. The van der Waals surface area contributed by atoms with Crippen molar-refractivity contribution in [3.63, 3.8) is 0 Å². The summed E-state index contributed by atoms with van der Waals surface area (Å²) >= 11 is 0. The molecule has 0 amide bonds. The standard InChI is InChI=1S/C11H17.2ClH.Hf/c1-4-9-7-8-10(5-2)11(9)6-3;;;/h4-7H2,1-3H3;2*1H;/q-1;;;. The Morgan fingerprint density at radius 2 is 1.57 bits per heavy atom. The molecule has 3 heteroatoms. The second-order valence-corrected chi connectivity index (χ2v) is 2.97. The third kappa shape index (κ3) is 4.63. The Kier molecular flexibility index (Phi) is 15.2. The maximum Gasteiger partial charge on any atom is 0 e. The molecule has 0 aromatic heterocycles. The largest absolute Gasteiger partial charge is 0.269 e. The van der Waals surface area contributed by atoms with E-state index in [0.717, 1.165) is 12.8 Å². The van der Waals surface area contributed by atoms with Crippen molar-refractivity contribution in [2.45, 2.75) is 46.5 Å². The summed E-state index contributed by atoms with van der Waals surface area (Å²) in [7, 11) is 0. The fourth-order valence-corrected chi connectivity index (χ4v) is 1.78. The zero-order valence-corrected chi connectivity index (χ0v) is 14.4. The third-order valence-corrected chi connectivity index (χ3v) is 2.44. The molecule has 1 rings (SSSR count). The maximum absolute atomic E-state index is 3.45. The molecule has 1 aliphatic rings. The summed E-state index contributed by atoms with van der Waals surface area (Å²) in [5.41, 5.74) is 4.68. The second-order valence-electron chi connectivity index (χ2n) is 2.97. The van der Waals surface area contributed by atoms with Gasteiger partial charge >= 0.3 is 0 Å². The predicted molar refractivity (Wildman–Crippen MR) is 63.8 cm³/mol. The Hall–Kier alpha value is 0.930. The van der Waals surface area contributed by atoms with Crippen molar-refractivity contribution >= 4 is 24.8 Å². The van der Waals surface area contributed by atoms with Crippen molar-refractivity contribution in [3.05, 3.63) is 22.8 Å². The number of hydrogen-bond donors (Lipinski definition) is 0. The molecule has 0 aliphatic heterocycles. The van der Waals surface area contributed by atoms with Crippen LogP contribution in [0.15, 0.2) is 16.7 Å². The van der Waals surface area contributed by atoms with Gasteiger partial charge in [0.25, 0.3) is 0 Å². The first-order valence-electron chi connectivity index (χ1n) is 4.64. The first-order valence-corrected chi connectivity index (χ1v) is 4.64. The van der Waals surface area contributed by atoms with Crippen LogP contribution >= 0.6 is 24.8 Å². The van der Waals surface area contributed by atoms with Crippen molar-refractivity contribution in [3.8, 4) is 0 Å². The van der Waals surface area contributed by atoms with Gasteiger partial charge in [0.2, 0.25) is 0 Å². The molecule has 82 valence electrons. The fourth-order valence-electron chi connectivity index (χ4n) is 1.78. The van der Waals surface area contributed by atoms with Crippen molar-refractivity contribution < 1.29 is 25.8 Å². The minimum Gasteiger partial charge on any atom is -0.269 e. The average molecular weight is 401 g/mol. The molecule has 0 aromatic carbocycles. The van der Waals surface area contributed by atoms with Crippen LogP contribution in [0.25, 0.3) is 0 Å². The minimum absolute atomic E-state index is 0. The van der Waals surface area contributed by atoms with Crippen LogP contribution in [0, 0.1) is 6.08 Å². The zero-order valence-electron chi connectivity index (χ0n) is 9.14. The summed E-state index contributed by atoms with van der Waals surface area (Å²) in [5, 5.41) is 0. The molecule has 0 N–H and O–H groups in total. The molecule has 0 spiro atoms. The molecule has 0 heterocycles. The Bertz CT molecular complexity index is 207. The van der Waals surface area contributed by atoms with E-state index in [2.05, 4.69) is 26.8 Å². The Morgan fingerprint density at radius 3 is 1.93 bits per heavy atom. The quantitative estimate of drug-likeness (QED) is 0.484. The summed E-state index contributed by atoms with van der Waals surface area (Å²) in [6.07, 6.45) is 8.11. The van der Waals surface area contributed by atoms with Crippen LogP contribution in [0.2, 0.25) is 0 Å². The Balaban J connectivity index is -0.000000403. The number of allylic oxidation sites excluding steroid dienone is 4. The minimum atomic E-state index is 0. The van der Waals surface area contributed by atoms with E-state index in [-0.39, 0.29) is 50.7 Å². The zero-order chi connectivity index (χ0) is 8.27. The van der Waals surface area contributed by atoms with E-state index in [9.17, 15) is 0 Å². The van der Waals surface area contributed by atoms with Gasteiger partial charge in [-0.05, 0) is 0 Å². The number of rotatable bonds is 3. The van der Waals surface area contributed by atoms with Crippen LogP contribution in [0.4, 0.5) is 0 Å². The van der Waals surface area contributed by atoms with Gasteiger partial charge in [-0.15, -0.1) is 31.2 Å². The molecule has 0 aromatic rings. The Morgan fingerprint density at radius 1 is 1.00 bits per heavy atom. The van der Waals surface area contributed by atoms with E-state index in [4.69, 9.17) is 0 Å². The smallest absolute Gasteiger partial charge is 0 e. The van der Waals surface area contributed by atoms with Gasteiger partial charge in [0.05, 0.1) is 0 Å². The third-order valence-electron chi connectivity index (χ3n) is 2.44. The van der Waals surface area contributed by atoms with Crippen LogP contribution in [0.5, 0.6) is 0 Å². The monoisotopic (exact) mass is 401 g/mol. The average Bonchev–Trinajstić information content (AvgIpc) is 2.45. The summed E-state index contributed by atoms with van der Waals surface area (Å²) in [5.74, 6) is 0. The van der Waals surface area contributed by atoms with Gasteiger partial charge in [-0.3, -0.25) is 6.08 Å². The van der Waals surface area contributed by atoms with E-state index in [1.165, 1.54) is 18.4 Å². The van der Waals surface area contributed by atoms with Crippen molar-refractivity contribution in [1.82, 2.24) is 0 Å². The SMILES string of the molecule is CCC1=[C-]CC(CC)=C1CC.Cl.Cl.[Hf]. The molecule has 0 saturated heterocycles. The molecule has 0 unspecified atom stereocenters. The van der Waals surface area contributed by atoms with Gasteiger partial charge in [0.15, 0.2) is 0 Å². The van der Waals surface area contributed by atoms with Gasteiger partial charge in [0.1, 0.15) is 0 Å². The van der Waals surface area contributed by atoms with Crippen LogP contribution < -0.4 is 0 Å². The number of hydrogen-bond acceptors (Lipinski definition) is 0. The van der Waals surface area contributed by atoms with Gasteiger partial charge in [-0.25, -0.2) is 5.57 Å². The van der Waals surface area contributed by atoms with Gasteiger partial charge in [0, 0.05) is 25.8 Å². The molecule has 14 heavy (non-hydrogen) atoms. The molecule has 0 fully saturated rings. The molecule has 0 atom stereocenters. The first kappa shape index (κ1) is 20.4. The fraction of sp³-hybridized carbons (Fsp3) is 0.636. The summed E-state index contributed by atoms with van der Waals surface area (Å²) in [6, 6.07) is 0. The first-order chi connectivity index (χ1) is 5.33. The number of halogens is 2. The maximum atomic E-state index is 3.45. The normalized spacial score (nSPS) is 13.8. The second kappa shape index (κ2) is 10.4. The van der Waals surface area contributed by atoms with Crippen LogP contribution in [-0.4, -0.2) is 0 Å². The molecular weight excluding hydrogens is 382 g/mol. The molecule has 0 nitrogen and oxygen atoms in total. The van der Waals surface area contributed by atoms with Crippen LogP contribution in [0.1, 0.15) is 46.5 Å². The van der Waals surface area contributed by atoms with E-state index < -0.39 is 0 Å². The summed E-state index contributed by atoms with van der Waals surface area (Å²) in [4.78, 5) is 0. The van der Waals surface area contributed by atoms with E-state index in [0.29, 0.717) is 0 Å². The molecule has 0 saturated carbocycles. The van der Waals surface area contributed by atoms with Crippen LogP contribution in [0.3, 0.4) is 0 Å². The van der Waals surface area contributed by atoms with E-state index >= 15 is 0 Å². The van der Waals surface area contributed by atoms with Crippen molar-refractivity contribution in [2.24, 2.45) is 0 Å². The molecule has 0 bridgehead atoms. The summed E-state index contributed by atoms with van der Waals surface area (Å²) in [6.45, 7) is 6.70. The van der Waals surface area contributed by atoms with Gasteiger partial charge in [-0.2, -0.15) is 11.1 Å². The van der Waals surface area contributed by atoms with Crippen LogP contribution in [-0.2, 0) is 25.8 Å². The van der Waals surface area contributed by atoms with Crippen molar-refractivity contribution in [2.75, 3.05) is 0 Å².